The summed E-state index contributed by atoms with van der Waals surface area (Å²) in [7, 11) is 0. The monoisotopic (exact) mass is 225 g/mol. The van der Waals surface area contributed by atoms with Gasteiger partial charge in [-0.3, -0.25) is 4.79 Å². The summed E-state index contributed by atoms with van der Waals surface area (Å²) in [5.41, 5.74) is -0.565. The lowest BCUT2D eigenvalue weighted by Gasteiger charge is -2.42. The second-order valence-electron chi connectivity index (χ2n) is 5.66. The van der Waals surface area contributed by atoms with E-state index < -0.39 is 11.7 Å². The van der Waals surface area contributed by atoms with Gasteiger partial charge in [0, 0.05) is 0 Å². The molecule has 1 saturated carbocycles. The third-order valence-electron chi connectivity index (χ3n) is 3.30. The molecule has 4 atom stereocenters. The first-order chi connectivity index (χ1) is 7.38. The van der Waals surface area contributed by atoms with Gasteiger partial charge in [-0.1, -0.05) is 0 Å². The largest absolute Gasteiger partial charge is 0.443 e. The average Bonchev–Trinajstić information content (AvgIpc) is 2.79. The Hall–Kier alpha value is -1.10. The maximum atomic E-state index is 11.8. The molecule has 16 heavy (non-hydrogen) atoms. The van der Waals surface area contributed by atoms with Gasteiger partial charge in [0.05, 0.1) is 18.1 Å². The van der Waals surface area contributed by atoms with Crippen LogP contribution in [0.5, 0.6) is 0 Å². The van der Waals surface area contributed by atoms with Crippen LogP contribution in [0.15, 0.2) is 0 Å². The molecule has 5 nitrogen and oxygen atoms in total. The van der Waals surface area contributed by atoms with E-state index in [1.165, 1.54) is 4.90 Å². The number of amides is 2. The Morgan fingerprint density at radius 2 is 2.19 bits per heavy atom. The second kappa shape index (κ2) is 2.77. The number of carbonyl (C=O) groups excluding carboxylic acids is 2. The van der Waals surface area contributed by atoms with Crippen LogP contribution >= 0.6 is 0 Å². The van der Waals surface area contributed by atoms with Crippen LogP contribution in [0.3, 0.4) is 0 Å². The van der Waals surface area contributed by atoms with E-state index in [2.05, 4.69) is 0 Å². The van der Waals surface area contributed by atoms with E-state index >= 15 is 0 Å². The van der Waals surface area contributed by atoms with Crippen LogP contribution in [0, 0.1) is 5.92 Å². The Morgan fingerprint density at radius 3 is 2.81 bits per heavy atom. The normalized spacial score (nSPS) is 39.9. The molecule has 5 heteroatoms. The first kappa shape index (κ1) is 10.1. The number of carbonyl (C=O) groups is 2. The number of rotatable bonds is 0. The van der Waals surface area contributed by atoms with Crippen molar-refractivity contribution >= 4 is 12.0 Å². The zero-order valence-electron chi connectivity index (χ0n) is 9.60. The summed E-state index contributed by atoms with van der Waals surface area (Å²) in [4.78, 5) is 24.7. The van der Waals surface area contributed by atoms with Crippen molar-refractivity contribution in [2.24, 2.45) is 5.92 Å². The van der Waals surface area contributed by atoms with E-state index in [1.807, 2.05) is 0 Å². The summed E-state index contributed by atoms with van der Waals surface area (Å²) in [5, 5.41) is 0. The molecular formula is C11H15NO4. The standard InChI is InChI=1S/C11H15NO4/c1-11(2,3)16-10(14)12-7-5(9(12)13)4-6-8(7)15-6/h5-8H,4H2,1-3H3/t5-,6-,7-,8-/m1/s1. The van der Waals surface area contributed by atoms with Crippen LogP contribution in [0.2, 0.25) is 0 Å². The zero-order valence-corrected chi connectivity index (χ0v) is 9.60. The molecule has 0 N–H and O–H groups in total. The van der Waals surface area contributed by atoms with Crippen molar-refractivity contribution < 1.29 is 19.1 Å². The van der Waals surface area contributed by atoms with Crippen molar-refractivity contribution in [3.05, 3.63) is 0 Å². The van der Waals surface area contributed by atoms with Crippen molar-refractivity contribution in [1.82, 2.24) is 4.90 Å². The molecule has 2 heterocycles. The lowest BCUT2D eigenvalue weighted by molar-refractivity contribution is -0.155. The van der Waals surface area contributed by atoms with E-state index in [4.69, 9.17) is 9.47 Å². The first-order valence-electron chi connectivity index (χ1n) is 5.60. The number of ether oxygens (including phenoxy) is 2. The lowest BCUT2D eigenvalue weighted by atomic mass is 9.90. The van der Waals surface area contributed by atoms with Gasteiger partial charge in [-0.25, -0.2) is 9.69 Å². The van der Waals surface area contributed by atoms with E-state index in [0.717, 1.165) is 6.42 Å². The highest BCUT2D eigenvalue weighted by Crippen LogP contribution is 2.51. The molecular weight excluding hydrogens is 210 g/mol. The van der Waals surface area contributed by atoms with Gasteiger partial charge < -0.3 is 9.47 Å². The van der Waals surface area contributed by atoms with Crippen molar-refractivity contribution in [3.63, 3.8) is 0 Å². The number of hydrogen-bond donors (Lipinski definition) is 0. The van der Waals surface area contributed by atoms with Crippen LogP contribution in [0.25, 0.3) is 0 Å². The summed E-state index contributed by atoms with van der Waals surface area (Å²) in [6, 6.07) is -0.0626. The minimum absolute atomic E-state index is 0.00346. The van der Waals surface area contributed by atoms with Gasteiger partial charge in [-0.05, 0) is 27.2 Å². The van der Waals surface area contributed by atoms with Crippen molar-refractivity contribution in [1.29, 1.82) is 0 Å². The molecule has 0 unspecified atom stereocenters. The van der Waals surface area contributed by atoms with Gasteiger partial charge in [0.1, 0.15) is 11.7 Å². The molecule has 2 saturated heterocycles. The summed E-state index contributed by atoms with van der Waals surface area (Å²) >= 11 is 0. The molecule has 88 valence electrons. The minimum Gasteiger partial charge on any atom is -0.443 e. The quantitative estimate of drug-likeness (QED) is 0.454. The number of imide groups is 1. The highest BCUT2D eigenvalue weighted by Gasteiger charge is 2.69. The second-order valence-corrected chi connectivity index (χ2v) is 5.66. The number of nitrogens with zero attached hydrogens (tertiary/aromatic N) is 1. The van der Waals surface area contributed by atoms with Gasteiger partial charge >= 0.3 is 6.09 Å². The first-order valence-corrected chi connectivity index (χ1v) is 5.60. The van der Waals surface area contributed by atoms with Crippen LogP contribution in [0.1, 0.15) is 27.2 Å². The fourth-order valence-electron chi connectivity index (χ4n) is 2.61. The van der Waals surface area contributed by atoms with Gasteiger partial charge in [0.25, 0.3) is 0 Å². The SMILES string of the molecule is CC(C)(C)OC(=O)N1C(=O)[C@@H]2C[C@H]3O[C@H]3[C@@H]21. The predicted octanol–water partition coefficient (Wildman–Crippen LogP) is 0.920. The molecule has 1 aliphatic carbocycles. The number of epoxide rings is 1. The molecule has 0 aromatic rings. The number of likely N-dealkylation sites (tertiary alicyclic amines) is 1. The molecule has 3 fully saturated rings. The maximum Gasteiger partial charge on any atom is 0.417 e. The van der Waals surface area contributed by atoms with E-state index in [0.29, 0.717) is 0 Å². The van der Waals surface area contributed by atoms with E-state index in [-0.39, 0.29) is 30.1 Å². The maximum absolute atomic E-state index is 11.8. The molecule has 0 spiro atoms. The molecule has 0 aromatic heterocycles. The Bertz CT molecular complexity index is 373. The molecule has 3 rings (SSSR count). The molecule has 2 aliphatic heterocycles. The van der Waals surface area contributed by atoms with E-state index in [9.17, 15) is 9.59 Å². The Balaban J connectivity index is 1.71. The molecule has 3 aliphatic rings. The van der Waals surface area contributed by atoms with Gasteiger partial charge in [-0.2, -0.15) is 0 Å². The summed E-state index contributed by atoms with van der Waals surface area (Å²) in [6.07, 6.45) is 0.518. The molecule has 0 radical (unpaired) electrons. The predicted molar refractivity (Wildman–Crippen MR) is 53.6 cm³/mol. The van der Waals surface area contributed by atoms with Gasteiger partial charge in [0.2, 0.25) is 5.91 Å². The molecule has 0 aromatic carbocycles. The van der Waals surface area contributed by atoms with Crippen molar-refractivity contribution in [3.8, 4) is 0 Å². The highest BCUT2D eigenvalue weighted by molar-refractivity contribution is 6.00. The average molecular weight is 225 g/mol. The third kappa shape index (κ3) is 1.27. The molecule has 0 bridgehead atoms. The minimum atomic E-state index is -0.565. The van der Waals surface area contributed by atoms with E-state index in [1.54, 1.807) is 20.8 Å². The van der Waals surface area contributed by atoms with Gasteiger partial charge in [0.15, 0.2) is 0 Å². The number of hydrogen-bond acceptors (Lipinski definition) is 4. The Kier molecular flexibility index (Phi) is 1.74. The van der Waals surface area contributed by atoms with Gasteiger partial charge in [-0.15, -0.1) is 0 Å². The van der Waals surface area contributed by atoms with Crippen LogP contribution in [-0.2, 0) is 14.3 Å². The topological polar surface area (TPSA) is 59.1 Å². The highest BCUT2D eigenvalue weighted by atomic mass is 16.6. The summed E-state index contributed by atoms with van der Waals surface area (Å²) in [6.45, 7) is 5.37. The fraction of sp³-hybridized carbons (Fsp3) is 0.818. The van der Waals surface area contributed by atoms with Crippen LogP contribution in [-0.4, -0.2) is 40.8 Å². The molecule has 2 amide bonds. The van der Waals surface area contributed by atoms with Crippen LogP contribution in [0.4, 0.5) is 4.79 Å². The number of fused-ring (bicyclic) bond motifs is 3. The zero-order chi connectivity index (χ0) is 11.7. The van der Waals surface area contributed by atoms with Crippen molar-refractivity contribution in [2.45, 2.75) is 51.0 Å². The summed E-state index contributed by atoms with van der Waals surface area (Å²) < 4.78 is 10.5. The Labute approximate surface area is 93.7 Å². The Morgan fingerprint density at radius 1 is 1.50 bits per heavy atom. The third-order valence-corrected chi connectivity index (χ3v) is 3.30. The van der Waals surface area contributed by atoms with Crippen LogP contribution < -0.4 is 0 Å². The lowest BCUT2D eigenvalue weighted by Crippen LogP contribution is -2.64. The number of β-lactam (4-membered cyclic amide) rings is 1. The fourth-order valence-corrected chi connectivity index (χ4v) is 2.61. The smallest absolute Gasteiger partial charge is 0.417 e. The summed E-state index contributed by atoms with van der Waals surface area (Å²) in [5.74, 6) is -0.105. The van der Waals surface area contributed by atoms with Crippen molar-refractivity contribution in [2.75, 3.05) is 0 Å².